The number of rotatable bonds is 4. The van der Waals surface area contributed by atoms with Crippen molar-refractivity contribution in [1.29, 1.82) is 0 Å². The first-order valence-electron chi connectivity index (χ1n) is 8.45. The van der Waals surface area contributed by atoms with E-state index in [1.165, 1.54) is 10.6 Å². The van der Waals surface area contributed by atoms with E-state index in [2.05, 4.69) is 47.9 Å². The molecule has 1 aliphatic heterocycles. The van der Waals surface area contributed by atoms with Crippen LogP contribution in [0.15, 0.2) is 52.3 Å². The predicted octanol–water partition coefficient (Wildman–Crippen LogP) is 3.53. The number of benzene rings is 2. The molecule has 0 aliphatic carbocycles. The highest BCUT2D eigenvalue weighted by atomic mass is 32.2. The van der Waals surface area contributed by atoms with E-state index in [-0.39, 0.29) is 0 Å². The Morgan fingerprint density at radius 1 is 0.833 bits per heavy atom. The summed E-state index contributed by atoms with van der Waals surface area (Å²) in [4.78, 5) is 7.32. The maximum Gasteiger partial charge on any atom is 0.0559 e. The molecule has 2 aromatic carbocycles. The van der Waals surface area contributed by atoms with Crippen LogP contribution in [0.3, 0.4) is 0 Å². The lowest BCUT2D eigenvalue weighted by Crippen LogP contribution is -2.48. The molecule has 0 amide bonds. The summed E-state index contributed by atoms with van der Waals surface area (Å²) >= 11 is 1.71. The lowest BCUT2D eigenvalue weighted by atomic mass is 10.2. The number of nitrogens with two attached hydrogens (primary N) is 2. The van der Waals surface area contributed by atoms with Crippen LogP contribution < -0.4 is 16.4 Å². The fourth-order valence-corrected chi connectivity index (χ4v) is 3.84. The molecule has 0 spiro atoms. The molecule has 0 unspecified atom stereocenters. The van der Waals surface area contributed by atoms with Gasteiger partial charge < -0.3 is 16.4 Å². The number of hydrogen-bond acceptors (Lipinski definition) is 5. The summed E-state index contributed by atoms with van der Waals surface area (Å²) < 4.78 is 0. The fraction of sp³-hybridized carbons (Fsp3) is 0.368. The van der Waals surface area contributed by atoms with Gasteiger partial charge in [0.05, 0.1) is 11.4 Å². The van der Waals surface area contributed by atoms with Gasteiger partial charge in [0, 0.05) is 47.7 Å². The van der Waals surface area contributed by atoms with Crippen molar-refractivity contribution in [2.75, 3.05) is 42.5 Å². The zero-order chi connectivity index (χ0) is 17.1. The van der Waals surface area contributed by atoms with Crippen LogP contribution in [0, 0.1) is 0 Å². The molecule has 128 valence electrons. The number of nitrogens with zero attached hydrogens (tertiary/aromatic N) is 2. The summed E-state index contributed by atoms with van der Waals surface area (Å²) in [7, 11) is 0. The lowest BCUT2D eigenvalue weighted by molar-refractivity contribution is 0.209. The van der Waals surface area contributed by atoms with E-state index in [1.807, 2.05) is 18.2 Å². The van der Waals surface area contributed by atoms with E-state index in [1.54, 1.807) is 11.8 Å². The van der Waals surface area contributed by atoms with Crippen molar-refractivity contribution in [2.45, 2.75) is 29.7 Å². The Hall–Kier alpha value is -1.85. The van der Waals surface area contributed by atoms with Gasteiger partial charge in [0.15, 0.2) is 0 Å². The van der Waals surface area contributed by atoms with Crippen LogP contribution in [0.2, 0.25) is 0 Å². The molecule has 1 aliphatic rings. The molecule has 0 bridgehead atoms. The molecule has 1 saturated heterocycles. The highest BCUT2D eigenvalue weighted by Crippen LogP contribution is 2.32. The van der Waals surface area contributed by atoms with Crippen LogP contribution in [0.4, 0.5) is 17.1 Å². The molecule has 3 rings (SSSR count). The van der Waals surface area contributed by atoms with Crippen molar-refractivity contribution in [3.8, 4) is 0 Å². The van der Waals surface area contributed by atoms with Gasteiger partial charge in [-0.2, -0.15) is 0 Å². The first-order chi connectivity index (χ1) is 11.5. The minimum Gasteiger partial charge on any atom is -0.397 e. The zero-order valence-electron chi connectivity index (χ0n) is 14.4. The molecule has 2 aromatic rings. The predicted molar refractivity (Wildman–Crippen MR) is 105 cm³/mol. The minimum absolute atomic E-state index is 0.634. The summed E-state index contributed by atoms with van der Waals surface area (Å²) in [5.74, 6) is 0. The third-order valence-corrected chi connectivity index (χ3v) is 5.54. The van der Waals surface area contributed by atoms with Gasteiger partial charge in [-0.15, -0.1) is 0 Å². The van der Waals surface area contributed by atoms with Crippen LogP contribution in [-0.2, 0) is 0 Å². The van der Waals surface area contributed by atoms with Gasteiger partial charge in [0.1, 0.15) is 0 Å². The van der Waals surface area contributed by atoms with Crippen LogP contribution in [0.5, 0.6) is 0 Å². The molecule has 0 aromatic heterocycles. The highest BCUT2D eigenvalue weighted by molar-refractivity contribution is 7.99. The van der Waals surface area contributed by atoms with E-state index >= 15 is 0 Å². The second-order valence-electron chi connectivity index (χ2n) is 6.50. The SMILES string of the molecule is CC(C)N1CCN(c2ccc(Sc3ccc(N)c(N)c3)cc2)CC1. The highest BCUT2D eigenvalue weighted by Gasteiger charge is 2.18. The zero-order valence-corrected chi connectivity index (χ0v) is 15.2. The Labute approximate surface area is 148 Å². The largest absolute Gasteiger partial charge is 0.397 e. The summed E-state index contributed by atoms with van der Waals surface area (Å²) in [6.45, 7) is 9.01. The molecule has 24 heavy (non-hydrogen) atoms. The number of nitrogen functional groups attached to an aromatic ring is 2. The third kappa shape index (κ3) is 3.97. The van der Waals surface area contributed by atoms with Gasteiger partial charge in [-0.3, -0.25) is 4.90 Å². The van der Waals surface area contributed by atoms with E-state index in [0.717, 1.165) is 31.1 Å². The summed E-state index contributed by atoms with van der Waals surface area (Å²) in [6.07, 6.45) is 0. The van der Waals surface area contributed by atoms with Crippen LogP contribution in [-0.4, -0.2) is 37.1 Å². The standard InChI is InChI=1S/C19H26N4S/c1-14(2)22-9-11-23(12-10-22)15-3-5-16(6-4-15)24-17-7-8-18(20)19(21)13-17/h3-8,13-14H,9-12,20-21H2,1-2H3. The van der Waals surface area contributed by atoms with E-state index < -0.39 is 0 Å². The van der Waals surface area contributed by atoms with Crippen molar-refractivity contribution in [3.05, 3.63) is 42.5 Å². The van der Waals surface area contributed by atoms with Crippen LogP contribution >= 0.6 is 11.8 Å². The molecule has 0 saturated carbocycles. The molecular formula is C19H26N4S. The molecule has 1 heterocycles. The topological polar surface area (TPSA) is 58.5 Å². The average molecular weight is 343 g/mol. The molecule has 0 atom stereocenters. The van der Waals surface area contributed by atoms with E-state index in [0.29, 0.717) is 17.4 Å². The molecule has 4 nitrogen and oxygen atoms in total. The Morgan fingerprint density at radius 3 is 2.04 bits per heavy atom. The van der Waals surface area contributed by atoms with Gasteiger partial charge in [0.25, 0.3) is 0 Å². The maximum absolute atomic E-state index is 5.88. The van der Waals surface area contributed by atoms with Crippen molar-refractivity contribution >= 4 is 28.8 Å². The van der Waals surface area contributed by atoms with Crippen molar-refractivity contribution in [2.24, 2.45) is 0 Å². The van der Waals surface area contributed by atoms with Crippen molar-refractivity contribution in [3.63, 3.8) is 0 Å². The van der Waals surface area contributed by atoms with Gasteiger partial charge in [-0.25, -0.2) is 0 Å². The molecule has 5 heteroatoms. The second-order valence-corrected chi connectivity index (χ2v) is 7.65. The smallest absolute Gasteiger partial charge is 0.0559 e. The summed E-state index contributed by atoms with van der Waals surface area (Å²) in [5, 5.41) is 0. The van der Waals surface area contributed by atoms with Gasteiger partial charge in [0.2, 0.25) is 0 Å². The molecule has 4 N–H and O–H groups in total. The lowest BCUT2D eigenvalue weighted by Gasteiger charge is -2.38. The van der Waals surface area contributed by atoms with Gasteiger partial charge in [-0.1, -0.05) is 11.8 Å². The number of hydrogen-bond donors (Lipinski definition) is 2. The van der Waals surface area contributed by atoms with E-state index in [9.17, 15) is 0 Å². The minimum atomic E-state index is 0.634. The van der Waals surface area contributed by atoms with Crippen molar-refractivity contribution in [1.82, 2.24) is 4.90 Å². The van der Waals surface area contributed by atoms with Crippen LogP contribution in [0.1, 0.15) is 13.8 Å². The maximum atomic E-state index is 5.88. The Bertz CT molecular complexity index is 676. The second kappa shape index (κ2) is 7.36. The molecular weight excluding hydrogens is 316 g/mol. The summed E-state index contributed by atoms with van der Waals surface area (Å²) in [5.41, 5.74) is 14.2. The number of piperazine rings is 1. The number of anilines is 3. The normalized spacial score (nSPS) is 15.9. The molecule has 1 fully saturated rings. The first kappa shape index (κ1) is 17.0. The fourth-order valence-electron chi connectivity index (χ4n) is 2.97. The first-order valence-corrected chi connectivity index (χ1v) is 9.26. The Morgan fingerprint density at radius 2 is 1.46 bits per heavy atom. The monoisotopic (exact) mass is 342 g/mol. The average Bonchev–Trinajstić information content (AvgIpc) is 2.59. The molecule has 0 radical (unpaired) electrons. The summed E-state index contributed by atoms with van der Waals surface area (Å²) in [6, 6.07) is 15.2. The van der Waals surface area contributed by atoms with Gasteiger partial charge in [-0.05, 0) is 56.3 Å². The van der Waals surface area contributed by atoms with Crippen molar-refractivity contribution < 1.29 is 0 Å². The van der Waals surface area contributed by atoms with Crippen LogP contribution in [0.25, 0.3) is 0 Å². The Balaban J connectivity index is 1.62. The van der Waals surface area contributed by atoms with Gasteiger partial charge >= 0.3 is 0 Å². The third-order valence-electron chi connectivity index (χ3n) is 4.54. The van der Waals surface area contributed by atoms with E-state index in [4.69, 9.17) is 11.5 Å². The quantitative estimate of drug-likeness (QED) is 0.833. The Kier molecular flexibility index (Phi) is 5.21.